The van der Waals surface area contributed by atoms with Crippen LogP contribution in [0.2, 0.25) is 5.02 Å². The van der Waals surface area contributed by atoms with E-state index in [2.05, 4.69) is 4.98 Å². The monoisotopic (exact) mass is 394 g/mol. The molecule has 3 rings (SSSR count). The van der Waals surface area contributed by atoms with Crippen LogP contribution in [-0.4, -0.2) is 34.7 Å². The number of pyridine rings is 2. The fraction of sp³-hybridized carbons (Fsp3) is 0.118. The van der Waals surface area contributed by atoms with Gasteiger partial charge in [0.15, 0.2) is 11.6 Å². The summed E-state index contributed by atoms with van der Waals surface area (Å²) >= 11 is 6.35. The van der Waals surface area contributed by atoms with Crippen LogP contribution in [0.15, 0.2) is 29.2 Å². The molecule has 7 nitrogen and oxygen atoms in total. The Kier molecular flexibility index (Phi) is 4.48. The maximum absolute atomic E-state index is 14.5. The summed E-state index contributed by atoms with van der Waals surface area (Å²) in [6.07, 6.45) is 0.996. The Morgan fingerprint density at radius 1 is 1.30 bits per heavy atom. The van der Waals surface area contributed by atoms with Crippen LogP contribution in [0.4, 0.5) is 20.3 Å². The highest BCUT2D eigenvalue weighted by molar-refractivity contribution is 6.38. The molecule has 140 valence electrons. The second kappa shape index (κ2) is 6.51. The quantitative estimate of drug-likeness (QED) is 0.708. The van der Waals surface area contributed by atoms with E-state index >= 15 is 0 Å². The molecule has 2 heterocycles. The molecule has 0 aliphatic rings. The lowest BCUT2D eigenvalue weighted by molar-refractivity contribution is 0.0695. The van der Waals surface area contributed by atoms with Gasteiger partial charge >= 0.3 is 5.97 Å². The van der Waals surface area contributed by atoms with Crippen molar-refractivity contribution in [2.24, 2.45) is 0 Å². The van der Waals surface area contributed by atoms with Crippen LogP contribution in [0.25, 0.3) is 16.7 Å². The van der Waals surface area contributed by atoms with Crippen molar-refractivity contribution in [2.75, 3.05) is 24.7 Å². The molecule has 0 atom stereocenters. The molecule has 0 fully saturated rings. The van der Waals surface area contributed by atoms with Gasteiger partial charge in [-0.15, -0.1) is 0 Å². The average molecular weight is 395 g/mol. The molecule has 0 bridgehead atoms. The number of fused-ring (bicyclic) bond motifs is 1. The number of carbonyl (C=O) groups is 1. The van der Waals surface area contributed by atoms with E-state index in [0.29, 0.717) is 0 Å². The van der Waals surface area contributed by atoms with Gasteiger partial charge in [-0.05, 0) is 18.2 Å². The molecule has 0 amide bonds. The van der Waals surface area contributed by atoms with Gasteiger partial charge in [0.1, 0.15) is 17.2 Å². The Bertz CT molecular complexity index is 1160. The highest BCUT2D eigenvalue weighted by atomic mass is 35.5. The third kappa shape index (κ3) is 2.95. The third-order valence-electron chi connectivity index (χ3n) is 3.94. The van der Waals surface area contributed by atoms with E-state index in [1.54, 1.807) is 14.1 Å². The topological polar surface area (TPSA) is 101 Å². The van der Waals surface area contributed by atoms with Crippen LogP contribution in [0, 0.1) is 11.6 Å². The van der Waals surface area contributed by atoms with Gasteiger partial charge in [0.2, 0.25) is 5.43 Å². The van der Waals surface area contributed by atoms with Crippen molar-refractivity contribution in [1.82, 2.24) is 9.55 Å². The molecular weight excluding hydrogens is 382 g/mol. The smallest absolute Gasteiger partial charge is 0.341 e. The Balaban J connectivity index is 2.55. The number of aromatic nitrogens is 2. The summed E-state index contributed by atoms with van der Waals surface area (Å²) in [6, 6.07) is 3.18. The number of hydrogen-bond donors (Lipinski definition) is 2. The van der Waals surface area contributed by atoms with Crippen LogP contribution < -0.4 is 16.1 Å². The first-order valence-electron chi connectivity index (χ1n) is 7.53. The van der Waals surface area contributed by atoms with Gasteiger partial charge in [0.05, 0.1) is 21.6 Å². The number of nitrogens with two attached hydrogens (primary N) is 1. The van der Waals surface area contributed by atoms with Crippen molar-refractivity contribution < 1.29 is 18.7 Å². The summed E-state index contributed by atoms with van der Waals surface area (Å²) in [4.78, 5) is 29.3. The third-order valence-corrected chi connectivity index (χ3v) is 4.30. The van der Waals surface area contributed by atoms with Crippen LogP contribution in [0.3, 0.4) is 0 Å². The first-order chi connectivity index (χ1) is 12.6. The van der Waals surface area contributed by atoms with Gasteiger partial charge in [-0.2, -0.15) is 0 Å². The fourth-order valence-electron chi connectivity index (χ4n) is 2.73. The number of aromatic carboxylic acids is 1. The van der Waals surface area contributed by atoms with Crippen LogP contribution >= 0.6 is 11.6 Å². The minimum Gasteiger partial charge on any atom is -0.477 e. The maximum Gasteiger partial charge on any atom is 0.341 e. The lowest BCUT2D eigenvalue weighted by Crippen LogP contribution is -2.21. The largest absolute Gasteiger partial charge is 0.477 e. The summed E-state index contributed by atoms with van der Waals surface area (Å²) in [6.45, 7) is 0. The molecule has 0 aliphatic carbocycles. The standard InChI is InChI=1S/C17H13ClF2N4O3/c1-23(2)14-10(20)5-7-13(12(14)18)24(6-8(15(7)25)17(26)27)11-4-3-9(19)16(21)22-11/h3-6H,1-2H3,(H2,21,22)(H,26,27). The number of nitrogens with zero attached hydrogens (tertiary/aromatic N) is 3. The molecule has 3 N–H and O–H groups in total. The molecule has 0 spiro atoms. The number of anilines is 2. The Hall–Kier alpha value is -3.20. The SMILES string of the molecule is CN(C)c1c(F)cc2c(=O)c(C(=O)O)cn(-c3ccc(F)c(N)n3)c2c1Cl. The van der Waals surface area contributed by atoms with Gasteiger partial charge < -0.3 is 15.7 Å². The number of carboxylic acids is 1. The Morgan fingerprint density at radius 2 is 1.96 bits per heavy atom. The zero-order valence-corrected chi connectivity index (χ0v) is 14.9. The minimum absolute atomic E-state index is 0.00419. The van der Waals surface area contributed by atoms with Crippen molar-refractivity contribution in [2.45, 2.75) is 0 Å². The van der Waals surface area contributed by atoms with Crippen molar-refractivity contribution in [1.29, 1.82) is 0 Å². The van der Waals surface area contributed by atoms with Gasteiger partial charge in [-0.1, -0.05) is 11.6 Å². The first-order valence-corrected chi connectivity index (χ1v) is 7.91. The highest BCUT2D eigenvalue weighted by Gasteiger charge is 2.23. The predicted octanol–water partition coefficient (Wildman–Crippen LogP) is 2.66. The Labute approximate surface area is 156 Å². The molecule has 0 aliphatic heterocycles. The van der Waals surface area contributed by atoms with Crippen molar-refractivity contribution >= 4 is 40.0 Å². The van der Waals surface area contributed by atoms with E-state index in [9.17, 15) is 23.5 Å². The summed E-state index contributed by atoms with van der Waals surface area (Å²) in [5.41, 5.74) is 3.98. The fourth-order valence-corrected chi connectivity index (χ4v) is 3.18. The average Bonchev–Trinajstić information content (AvgIpc) is 2.57. The predicted molar refractivity (Wildman–Crippen MR) is 98.0 cm³/mol. The van der Waals surface area contributed by atoms with E-state index < -0.39 is 34.4 Å². The molecule has 3 aromatic rings. The first kappa shape index (κ1) is 18.6. The molecule has 0 saturated heterocycles. The van der Waals surface area contributed by atoms with Gasteiger partial charge in [0.25, 0.3) is 0 Å². The summed E-state index contributed by atoms with van der Waals surface area (Å²) in [5, 5.41) is 8.94. The van der Waals surface area contributed by atoms with Crippen LogP contribution in [0.5, 0.6) is 0 Å². The number of benzene rings is 1. The molecule has 27 heavy (non-hydrogen) atoms. The molecule has 0 unspecified atom stereocenters. The molecule has 0 radical (unpaired) electrons. The molecule has 0 saturated carbocycles. The minimum atomic E-state index is -1.51. The zero-order valence-electron chi connectivity index (χ0n) is 14.1. The second-order valence-electron chi connectivity index (χ2n) is 5.90. The van der Waals surface area contributed by atoms with Gasteiger partial charge in [0, 0.05) is 20.3 Å². The zero-order chi connectivity index (χ0) is 20.0. The van der Waals surface area contributed by atoms with Gasteiger partial charge in [-0.3, -0.25) is 9.36 Å². The molecule has 10 heteroatoms. The normalized spacial score (nSPS) is 11.0. The van der Waals surface area contributed by atoms with E-state index in [-0.39, 0.29) is 27.4 Å². The lowest BCUT2D eigenvalue weighted by atomic mass is 10.1. The molecule has 2 aromatic heterocycles. The number of nitrogen functional groups attached to an aromatic ring is 1. The summed E-state index contributed by atoms with van der Waals surface area (Å²) in [5.74, 6) is -3.50. The number of halogens is 3. The molecular formula is C17H13ClF2N4O3. The second-order valence-corrected chi connectivity index (χ2v) is 6.27. The van der Waals surface area contributed by atoms with E-state index in [0.717, 1.165) is 18.3 Å². The van der Waals surface area contributed by atoms with Crippen molar-refractivity contribution in [3.8, 4) is 5.82 Å². The van der Waals surface area contributed by atoms with Crippen LogP contribution in [-0.2, 0) is 0 Å². The highest BCUT2D eigenvalue weighted by Crippen LogP contribution is 2.35. The molecule has 1 aromatic carbocycles. The Morgan fingerprint density at radius 3 is 2.52 bits per heavy atom. The summed E-state index contributed by atoms with van der Waals surface area (Å²) in [7, 11) is 3.11. The van der Waals surface area contributed by atoms with Crippen molar-refractivity contribution in [3.63, 3.8) is 0 Å². The number of carboxylic acid groups (broad SMARTS) is 1. The number of hydrogen-bond acceptors (Lipinski definition) is 5. The van der Waals surface area contributed by atoms with E-state index in [1.165, 1.54) is 15.5 Å². The maximum atomic E-state index is 14.5. The van der Waals surface area contributed by atoms with Crippen molar-refractivity contribution in [3.05, 3.63) is 56.8 Å². The number of rotatable bonds is 3. The lowest BCUT2D eigenvalue weighted by Gasteiger charge is -2.20. The van der Waals surface area contributed by atoms with Gasteiger partial charge in [-0.25, -0.2) is 18.6 Å². The van der Waals surface area contributed by atoms with E-state index in [1.807, 2.05) is 0 Å². The van der Waals surface area contributed by atoms with E-state index in [4.69, 9.17) is 17.3 Å². The van der Waals surface area contributed by atoms with Crippen LogP contribution in [0.1, 0.15) is 10.4 Å². The summed E-state index contributed by atoms with van der Waals surface area (Å²) < 4.78 is 29.1.